The number of hydrogen-bond donors (Lipinski definition) is 3. The van der Waals surface area contributed by atoms with Crippen LogP contribution in [0.15, 0.2) is 0 Å². The molecule has 0 saturated carbocycles. The normalized spacial score (nSPS) is 14.0. The average Bonchev–Trinajstić information content (AvgIpc) is 2.25. The highest BCUT2D eigenvalue weighted by molar-refractivity contribution is 5.87. The van der Waals surface area contributed by atoms with Crippen LogP contribution in [0.25, 0.3) is 0 Å². The molecule has 0 bridgehead atoms. The fourth-order valence-electron chi connectivity index (χ4n) is 1.79. The molecule has 6 nitrogen and oxygen atoms in total. The fourth-order valence-corrected chi connectivity index (χ4v) is 1.79. The summed E-state index contributed by atoms with van der Waals surface area (Å²) in [5.74, 6) is -0.0114. The molecule has 0 radical (unpaired) electrons. The minimum Gasteiger partial charge on any atom is -0.465 e. The first kappa shape index (κ1) is 17.4. The lowest BCUT2D eigenvalue weighted by Crippen LogP contribution is -2.50. The second kappa shape index (κ2) is 8.50. The van der Waals surface area contributed by atoms with Crippen LogP contribution in [0.2, 0.25) is 0 Å². The largest absolute Gasteiger partial charge is 0.465 e. The van der Waals surface area contributed by atoms with Crippen molar-refractivity contribution in [2.24, 2.45) is 11.8 Å². The van der Waals surface area contributed by atoms with Crippen molar-refractivity contribution in [2.45, 2.75) is 52.6 Å². The Morgan fingerprint density at radius 2 is 1.58 bits per heavy atom. The van der Waals surface area contributed by atoms with Gasteiger partial charge in [-0.05, 0) is 24.7 Å². The fraction of sp³-hybridized carbons (Fsp3) is 0.769. The Balaban J connectivity index is 4.59. The van der Waals surface area contributed by atoms with E-state index in [-0.39, 0.29) is 11.8 Å². The zero-order chi connectivity index (χ0) is 15.0. The molecule has 0 fully saturated rings. The van der Waals surface area contributed by atoms with Gasteiger partial charge < -0.3 is 20.5 Å². The molecular weight excluding hydrogens is 248 g/mol. The van der Waals surface area contributed by atoms with Gasteiger partial charge in [-0.15, -0.1) is 0 Å². The molecule has 0 aromatic heterocycles. The van der Waals surface area contributed by atoms with Gasteiger partial charge in [0.1, 0.15) is 12.3 Å². The van der Waals surface area contributed by atoms with Crippen molar-refractivity contribution in [3.05, 3.63) is 0 Å². The highest BCUT2D eigenvalue weighted by atomic mass is 16.4. The van der Waals surface area contributed by atoms with Gasteiger partial charge in [-0.25, -0.2) is 4.79 Å². The third-order valence-electron chi connectivity index (χ3n) is 2.54. The number of aldehydes is 1. The van der Waals surface area contributed by atoms with Gasteiger partial charge in [-0.2, -0.15) is 0 Å². The molecule has 0 saturated heterocycles. The maximum absolute atomic E-state index is 12.0. The van der Waals surface area contributed by atoms with Crippen LogP contribution < -0.4 is 10.6 Å². The molecular formula is C13H24N2O4. The van der Waals surface area contributed by atoms with Gasteiger partial charge in [-0.1, -0.05) is 27.7 Å². The number of carboxylic acid groups (broad SMARTS) is 1. The van der Waals surface area contributed by atoms with Crippen LogP contribution in [0.4, 0.5) is 4.79 Å². The van der Waals surface area contributed by atoms with E-state index in [1.165, 1.54) is 0 Å². The van der Waals surface area contributed by atoms with E-state index in [2.05, 4.69) is 10.6 Å². The second-order valence-electron chi connectivity index (χ2n) is 5.51. The van der Waals surface area contributed by atoms with E-state index in [4.69, 9.17) is 5.11 Å². The highest BCUT2D eigenvalue weighted by Crippen LogP contribution is 2.07. The molecule has 0 aliphatic rings. The van der Waals surface area contributed by atoms with Crippen LogP contribution in [-0.2, 0) is 9.59 Å². The summed E-state index contributed by atoms with van der Waals surface area (Å²) in [5, 5.41) is 13.5. The third-order valence-corrected chi connectivity index (χ3v) is 2.54. The Kier molecular flexibility index (Phi) is 7.79. The van der Waals surface area contributed by atoms with Crippen LogP contribution >= 0.6 is 0 Å². The second-order valence-corrected chi connectivity index (χ2v) is 5.51. The molecule has 0 rings (SSSR count). The molecule has 0 aliphatic heterocycles. The zero-order valence-corrected chi connectivity index (χ0v) is 12.0. The summed E-state index contributed by atoms with van der Waals surface area (Å²) < 4.78 is 0. The third kappa shape index (κ3) is 8.18. The Bertz CT molecular complexity index is 316. The minimum atomic E-state index is -1.24. The van der Waals surface area contributed by atoms with Gasteiger partial charge >= 0.3 is 6.09 Å². The van der Waals surface area contributed by atoms with E-state index in [9.17, 15) is 14.4 Å². The number of carbonyl (C=O) groups excluding carboxylic acids is 2. The number of rotatable bonds is 8. The van der Waals surface area contributed by atoms with Crippen molar-refractivity contribution in [2.75, 3.05) is 0 Å². The summed E-state index contributed by atoms with van der Waals surface area (Å²) in [4.78, 5) is 33.5. The summed E-state index contributed by atoms with van der Waals surface area (Å²) in [6.07, 6.45) is 0.375. The first-order valence-electron chi connectivity index (χ1n) is 6.51. The predicted molar refractivity (Wildman–Crippen MR) is 71.9 cm³/mol. The quantitative estimate of drug-likeness (QED) is 0.582. The molecule has 6 heteroatoms. The Morgan fingerprint density at radius 1 is 1.05 bits per heavy atom. The molecule has 2 amide bonds. The zero-order valence-electron chi connectivity index (χ0n) is 12.0. The minimum absolute atomic E-state index is 0.169. The number of carbonyl (C=O) groups is 3. The summed E-state index contributed by atoms with van der Waals surface area (Å²) in [7, 11) is 0. The van der Waals surface area contributed by atoms with Crippen molar-refractivity contribution in [1.29, 1.82) is 0 Å². The van der Waals surface area contributed by atoms with Crippen molar-refractivity contribution in [1.82, 2.24) is 10.6 Å². The SMILES string of the molecule is CC(C)CC(C=O)NC(=O)C(CC(C)C)NC(=O)O. The van der Waals surface area contributed by atoms with Crippen LogP contribution in [0.1, 0.15) is 40.5 Å². The van der Waals surface area contributed by atoms with Gasteiger partial charge in [0.25, 0.3) is 0 Å². The summed E-state index contributed by atoms with van der Waals surface area (Å²) >= 11 is 0. The van der Waals surface area contributed by atoms with Crippen molar-refractivity contribution >= 4 is 18.3 Å². The Labute approximate surface area is 113 Å². The molecule has 19 heavy (non-hydrogen) atoms. The Morgan fingerprint density at radius 3 is 1.95 bits per heavy atom. The first-order chi connectivity index (χ1) is 8.76. The van der Waals surface area contributed by atoms with Crippen molar-refractivity contribution in [3.63, 3.8) is 0 Å². The van der Waals surface area contributed by atoms with Crippen LogP contribution in [0.3, 0.4) is 0 Å². The lowest BCUT2D eigenvalue weighted by molar-refractivity contribution is -0.126. The lowest BCUT2D eigenvalue weighted by atomic mass is 10.0. The number of amides is 2. The first-order valence-corrected chi connectivity index (χ1v) is 6.51. The maximum Gasteiger partial charge on any atom is 0.405 e. The monoisotopic (exact) mass is 272 g/mol. The number of hydrogen-bond acceptors (Lipinski definition) is 3. The van der Waals surface area contributed by atoms with Gasteiger partial charge in [0.2, 0.25) is 5.91 Å². The van der Waals surface area contributed by atoms with Crippen molar-refractivity contribution < 1.29 is 19.5 Å². The molecule has 3 N–H and O–H groups in total. The van der Waals surface area contributed by atoms with Gasteiger partial charge in [0.15, 0.2) is 0 Å². The topological polar surface area (TPSA) is 95.5 Å². The maximum atomic E-state index is 12.0. The average molecular weight is 272 g/mol. The smallest absolute Gasteiger partial charge is 0.405 e. The molecule has 0 heterocycles. The van der Waals surface area contributed by atoms with Crippen LogP contribution in [-0.4, -0.2) is 35.5 Å². The predicted octanol–water partition coefficient (Wildman–Crippen LogP) is 1.40. The standard InChI is InChI=1S/C13H24N2O4/c1-8(2)5-10(7-16)14-12(17)11(6-9(3)4)15-13(18)19/h7-11,15H,5-6H2,1-4H3,(H,14,17)(H,18,19). The molecule has 0 aromatic carbocycles. The van der Waals surface area contributed by atoms with E-state index in [1.54, 1.807) is 0 Å². The molecule has 0 spiro atoms. The van der Waals surface area contributed by atoms with Gasteiger partial charge in [0, 0.05) is 0 Å². The van der Waals surface area contributed by atoms with Crippen LogP contribution in [0.5, 0.6) is 0 Å². The Hall–Kier alpha value is -1.59. The van der Waals surface area contributed by atoms with E-state index in [0.29, 0.717) is 19.1 Å². The summed E-state index contributed by atoms with van der Waals surface area (Å²) in [5.41, 5.74) is 0. The molecule has 2 unspecified atom stereocenters. The molecule has 2 atom stereocenters. The van der Waals surface area contributed by atoms with Gasteiger partial charge in [0.05, 0.1) is 6.04 Å². The van der Waals surface area contributed by atoms with E-state index in [1.807, 2.05) is 27.7 Å². The van der Waals surface area contributed by atoms with E-state index < -0.39 is 24.1 Å². The molecule has 0 aromatic rings. The van der Waals surface area contributed by atoms with Crippen molar-refractivity contribution in [3.8, 4) is 0 Å². The number of nitrogens with one attached hydrogen (secondary N) is 2. The molecule has 0 aliphatic carbocycles. The molecule has 110 valence electrons. The van der Waals surface area contributed by atoms with E-state index in [0.717, 1.165) is 0 Å². The summed E-state index contributed by atoms with van der Waals surface area (Å²) in [6, 6.07) is -1.40. The van der Waals surface area contributed by atoms with Gasteiger partial charge in [-0.3, -0.25) is 4.79 Å². The lowest BCUT2D eigenvalue weighted by Gasteiger charge is -2.21. The van der Waals surface area contributed by atoms with E-state index >= 15 is 0 Å². The highest BCUT2D eigenvalue weighted by Gasteiger charge is 2.24. The summed E-state index contributed by atoms with van der Waals surface area (Å²) in [6.45, 7) is 7.69. The van der Waals surface area contributed by atoms with Crippen LogP contribution in [0, 0.1) is 11.8 Å².